The third-order valence-electron chi connectivity index (χ3n) is 1.22. The average Bonchev–Trinajstić information content (AvgIpc) is 2.01. The maximum Gasteiger partial charge on any atom is 0.0572 e. The van der Waals surface area contributed by atoms with Crippen LogP contribution in [0.2, 0.25) is 0 Å². The second-order valence-electron chi connectivity index (χ2n) is 2.13. The fraction of sp³-hybridized carbons (Fsp3) is 1.00. The molecule has 0 spiro atoms. The van der Waals surface area contributed by atoms with Crippen LogP contribution in [0.1, 0.15) is 0 Å². The van der Waals surface area contributed by atoms with E-state index in [9.17, 15) is 0 Å². The lowest BCUT2D eigenvalue weighted by Crippen LogP contribution is -2.43. The molecule has 68 valence electrons. The van der Waals surface area contributed by atoms with Gasteiger partial charge in [0.1, 0.15) is 0 Å². The smallest absolute Gasteiger partial charge is 0.0572 e. The maximum absolute atomic E-state index is 8.57. The van der Waals surface area contributed by atoms with E-state index < -0.39 is 0 Å². The normalized spacial score (nSPS) is 10.9. The standard InChI is InChI=1S/C6H17N3O2/c7-1-2-8-9(3-5-10)4-6-11/h8,10-11H,1-7H2. The second-order valence-corrected chi connectivity index (χ2v) is 2.13. The molecule has 0 unspecified atom stereocenters. The van der Waals surface area contributed by atoms with Gasteiger partial charge in [-0.1, -0.05) is 0 Å². The Morgan fingerprint density at radius 1 is 1.18 bits per heavy atom. The van der Waals surface area contributed by atoms with Crippen LogP contribution in [0.5, 0.6) is 0 Å². The molecule has 0 rings (SSSR count). The van der Waals surface area contributed by atoms with Crippen molar-refractivity contribution >= 4 is 0 Å². The SMILES string of the molecule is NCCNN(CCO)CCO. The van der Waals surface area contributed by atoms with Gasteiger partial charge in [0.25, 0.3) is 0 Å². The summed E-state index contributed by atoms with van der Waals surface area (Å²) in [5, 5.41) is 18.9. The number of hydrazine groups is 1. The molecular weight excluding hydrogens is 146 g/mol. The van der Waals surface area contributed by atoms with Gasteiger partial charge in [-0.2, -0.15) is 0 Å². The Hall–Kier alpha value is -0.200. The minimum Gasteiger partial charge on any atom is -0.395 e. The van der Waals surface area contributed by atoms with Crippen molar-refractivity contribution in [3.63, 3.8) is 0 Å². The van der Waals surface area contributed by atoms with Gasteiger partial charge >= 0.3 is 0 Å². The molecule has 0 bridgehead atoms. The number of hydrogen-bond acceptors (Lipinski definition) is 5. The summed E-state index contributed by atoms with van der Waals surface area (Å²) in [6, 6.07) is 0. The van der Waals surface area contributed by atoms with Crippen molar-refractivity contribution in [2.75, 3.05) is 39.4 Å². The van der Waals surface area contributed by atoms with E-state index in [2.05, 4.69) is 5.43 Å². The van der Waals surface area contributed by atoms with Gasteiger partial charge in [-0.3, -0.25) is 5.43 Å². The Bertz CT molecular complexity index is 76.2. The molecule has 11 heavy (non-hydrogen) atoms. The maximum atomic E-state index is 8.57. The van der Waals surface area contributed by atoms with Crippen molar-refractivity contribution in [3.8, 4) is 0 Å². The third kappa shape index (κ3) is 6.21. The molecule has 0 amide bonds. The summed E-state index contributed by atoms with van der Waals surface area (Å²) in [5.41, 5.74) is 8.21. The molecule has 0 aliphatic heterocycles. The monoisotopic (exact) mass is 163 g/mol. The van der Waals surface area contributed by atoms with Crippen LogP contribution in [0.15, 0.2) is 0 Å². The minimum atomic E-state index is 0.0809. The zero-order chi connectivity index (χ0) is 8.53. The summed E-state index contributed by atoms with van der Waals surface area (Å²) < 4.78 is 0. The number of nitrogens with one attached hydrogen (secondary N) is 1. The second kappa shape index (κ2) is 7.90. The van der Waals surface area contributed by atoms with Crippen LogP contribution in [0.3, 0.4) is 0 Å². The van der Waals surface area contributed by atoms with E-state index in [0.717, 1.165) is 0 Å². The first-order valence-electron chi connectivity index (χ1n) is 3.75. The van der Waals surface area contributed by atoms with E-state index in [0.29, 0.717) is 26.2 Å². The predicted octanol–water partition coefficient (Wildman–Crippen LogP) is -2.26. The van der Waals surface area contributed by atoms with Crippen molar-refractivity contribution in [3.05, 3.63) is 0 Å². The highest BCUT2D eigenvalue weighted by Gasteiger charge is 1.99. The Balaban J connectivity index is 3.34. The zero-order valence-corrected chi connectivity index (χ0v) is 6.66. The first kappa shape index (κ1) is 10.8. The topological polar surface area (TPSA) is 81.8 Å². The van der Waals surface area contributed by atoms with Crippen LogP contribution in [0.4, 0.5) is 0 Å². The third-order valence-corrected chi connectivity index (χ3v) is 1.22. The number of hydrogen-bond donors (Lipinski definition) is 4. The number of nitrogens with two attached hydrogens (primary N) is 1. The fourth-order valence-electron chi connectivity index (χ4n) is 0.734. The quantitative estimate of drug-likeness (QED) is 0.318. The lowest BCUT2D eigenvalue weighted by atomic mass is 10.5. The Morgan fingerprint density at radius 3 is 2.09 bits per heavy atom. The number of aliphatic hydroxyl groups is 2. The molecule has 0 aromatic heterocycles. The summed E-state index contributed by atoms with van der Waals surface area (Å²) in [7, 11) is 0. The summed E-state index contributed by atoms with van der Waals surface area (Å²) in [4.78, 5) is 0. The van der Waals surface area contributed by atoms with Gasteiger partial charge in [0.15, 0.2) is 0 Å². The van der Waals surface area contributed by atoms with Gasteiger partial charge in [-0.15, -0.1) is 0 Å². The van der Waals surface area contributed by atoms with Gasteiger partial charge in [-0.05, 0) is 0 Å². The van der Waals surface area contributed by atoms with Gasteiger partial charge in [0, 0.05) is 26.2 Å². The van der Waals surface area contributed by atoms with E-state index in [1.807, 2.05) is 0 Å². The van der Waals surface area contributed by atoms with Gasteiger partial charge in [-0.25, -0.2) is 5.01 Å². The van der Waals surface area contributed by atoms with E-state index in [-0.39, 0.29) is 13.2 Å². The molecule has 0 fully saturated rings. The molecule has 0 radical (unpaired) electrons. The van der Waals surface area contributed by atoms with E-state index >= 15 is 0 Å². The number of rotatable bonds is 7. The number of nitrogens with zero attached hydrogens (tertiary/aromatic N) is 1. The van der Waals surface area contributed by atoms with Gasteiger partial charge in [0.05, 0.1) is 13.2 Å². The molecular formula is C6H17N3O2. The van der Waals surface area contributed by atoms with Crippen LogP contribution in [-0.4, -0.2) is 54.6 Å². The average molecular weight is 163 g/mol. The molecule has 0 aliphatic carbocycles. The summed E-state index contributed by atoms with van der Waals surface area (Å²) >= 11 is 0. The summed E-state index contributed by atoms with van der Waals surface area (Å²) in [6.07, 6.45) is 0. The highest BCUT2D eigenvalue weighted by Crippen LogP contribution is 1.78. The van der Waals surface area contributed by atoms with E-state index in [1.165, 1.54) is 0 Å². The molecule has 0 heterocycles. The Labute approximate surface area is 66.8 Å². The fourth-order valence-corrected chi connectivity index (χ4v) is 0.734. The highest BCUT2D eigenvalue weighted by atomic mass is 16.3. The van der Waals surface area contributed by atoms with Crippen molar-refractivity contribution in [2.45, 2.75) is 0 Å². The van der Waals surface area contributed by atoms with Crippen LogP contribution >= 0.6 is 0 Å². The molecule has 0 atom stereocenters. The van der Waals surface area contributed by atoms with E-state index in [4.69, 9.17) is 15.9 Å². The molecule has 0 aromatic rings. The first-order valence-corrected chi connectivity index (χ1v) is 3.75. The lowest BCUT2D eigenvalue weighted by molar-refractivity contribution is 0.117. The predicted molar refractivity (Wildman–Crippen MR) is 42.8 cm³/mol. The molecule has 0 aliphatic rings. The van der Waals surface area contributed by atoms with Gasteiger partial charge in [0.2, 0.25) is 0 Å². The molecule has 5 heteroatoms. The van der Waals surface area contributed by atoms with Crippen molar-refractivity contribution in [2.24, 2.45) is 5.73 Å². The molecule has 5 N–H and O–H groups in total. The molecule has 0 saturated carbocycles. The zero-order valence-electron chi connectivity index (χ0n) is 6.66. The van der Waals surface area contributed by atoms with Crippen molar-refractivity contribution in [1.29, 1.82) is 0 Å². The first-order chi connectivity index (χ1) is 5.35. The summed E-state index contributed by atoms with van der Waals surface area (Å²) in [6.45, 7) is 2.41. The Kier molecular flexibility index (Phi) is 7.76. The van der Waals surface area contributed by atoms with Crippen molar-refractivity contribution in [1.82, 2.24) is 10.4 Å². The molecule has 0 saturated heterocycles. The van der Waals surface area contributed by atoms with Crippen LogP contribution < -0.4 is 11.2 Å². The minimum absolute atomic E-state index is 0.0809. The highest BCUT2D eigenvalue weighted by molar-refractivity contribution is 4.50. The largest absolute Gasteiger partial charge is 0.395 e. The Morgan fingerprint density at radius 2 is 1.73 bits per heavy atom. The lowest BCUT2D eigenvalue weighted by Gasteiger charge is -2.20. The molecule has 0 aromatic carbocycles. The number of aliphatic hydroxyl groups excluding tert-OH is 2. The van der Waals surface area contributed by atoms with Crippen LogP contribution in [0.25, 0.3) is 0 Å². The molecule has 5 nitrogen and oxygen atoms in total. The van der Waals surface area contributed by atoms with Gasteiger partial charge < -0.3 is 15.9 Å². The van der Waals surface area contributed by atoms with E-state index in [1.54, 1.807) is 5.01 Å². The van der Waals surface area contributed by atoms with Crippen molar-refractivity contribution < 1.29 is 10.2 Å². The van der Waals surface area contributed by atoms with Crippen LogP contribution in [-0.2, 0) is 0 Å². The summed E-state index contributed by atoms with van der Waals surface area (Å²) in [5.74, 6) is 0. The van der Waals surface area contributed by atoms with Crippen LogP contribution in [0, 0.1) is 0 Å².